The SMILES string of the molecule is O=C(NCc1cccnc1)Nc1ccc(S(=O)(=O)Nc2cccnc2)cc1. The maximum absolute atomic E-state index is 12.3. The van der Waals surface area contributed by atoms with Gasteiger partial charge in [0.1, 0.15) is 0 Å². The molecule has 0 saturated carbocycles. The van der Waals surface area contributed by atoms with E-state index >= 15 is 0 Å². The Morgan fingerprint density at radius 1 is 0.889 bits per heavy atom. The Hall–Kier alpha value is -3.46. The van der Waals surface area contributed by atoms with Crippen molar-refractivity contribution in [2.75, 3.05) is 10.0 Å². The van der Waals surface area contributed by atoms with Gasteiger partial charge in [-0.05, 0) is 48.0 Å². The van der Waals surface area contributed by atoms with Crippen molar-refractivity contribution in [3.05, 3.63) is 78.9 Å². The van der Waals surface area contributed by atoms with Crippen LogP contribution in [0, 0.1) is 0 Å². The number of benzene rings is 1. The number of carbonyl (C=O) groups excluding carboxylic acids is 1. The van der Waals surface area contributed by atoms with Gasteiger partial charge in [-0.1, -0.05) is 6.07 Å². The summed E-state index contributed by atoms with van der Waals surface area (Å²) in [5.41, 5.74) is 1.71. The molecule has 0 unspecified atom stereocenters. The Kier molecular flexibility index (Phi) is 5.62. The van der Waals surface area contributed by atoms with Gasteiger partial charge < -0.3 is 10.6 Å². The zero-order chi connectivity index (χ0) is 19.1. The average Bonchev–Trinajstić information content (AvgIpc) is 2.68. The Balaban J connectivity index is 1.59. The molecule has 0 bridgehead atoms. The molecule has 0 atom stereocenters. The molecule has 0 saturated heterocycles. The lowest BCUT2D eigenvalue weighted by Crippen LogP contribution is -2.28. The largest absolute Gasteiger partial charge is 0.334 e. The lowest BCUT2D eigenvalue weighted by Gasteiger charge is -2.10. The van der Waals surface area contributed by atoms with Gasteiger partial charge in [-0.25, -0.2) is 13.2 Å². The lowest BCUT2D eigenvalue weighted by molar-refractivity contribution is 0.251. The predicted octanol–water partition coefficient (Wildman–Crippen LogP) is 2.60. The Labute approximate surface area is 156 Å². The normalized spacial score (nSPS) is 10.8. The summed E-state index contributed by atoms with van der Waals surface area (Å²) in [6.07, 6.45) is 6.29. The molecule has 0 aliphatic carbocycles. The first kappa shape index (κ1) is 18.3. The number of pyridine rings is 2. The van der Waals surface area contributed by atoms with Crippen LogP contribution < -0.4 is 15.4 Å². The van der Waals surface area contributed by atoms with Gasteiger partial charge in [0.15, 0.2) is 0 Å². The van der Waals surface area contributed by atoms with E-state index in [9.17, 15) is 13.2 Å². The van der Waals surface area contributed by atoms with E-state index in [0.717, 1.165) is 5.56 Å². The van der Waals surface area contributed by atoms with Crippen molar-refractivity contribution in [1.29, 1.82) is 0 Å². The van der Waals surface area contributed by atoms with Crippen molar-refractivity contribution in [2.24, 2.45) is 0 Å². The molecule has 0 aliphatic rings. The number of carbonyl (C=O) groups is 1. The Bertz CT molecular complexity index is 994. The number of aromatic nitrogens is 2. The minimum Gasteiger partial charge on any atom is -0.334 e. The zero-order valence-corrected chi connectivity index (χ0v) is 15.0. The molecule has 9 heteroatoms. The summed E-state index contributed by atoms with van der Waals surface area (Å²) < 4.78 is 27.1. The van der Waals surface area contributed by atoms with Crippen molar-refractivity contribution in [3.63, 3.8) is 0 Å². The molecular formula is C18H17N5O3S. The Morgan fingerprint density at radius 3 is 2.22 bits per heavy atom. The van der Waals surface area contributed by atoms with Crippen LogP contribution in [-0.4, -0.2) is 24.4 Å². The van der Waals surface area contributed by atoms with Gasteiger partial charge in [-0.15, -0.1) is 0 Å². The predicted molar refractivity (Wildman–Crippen MR) is 102 cm³/mol. The molecule has 1 aromatic carbocycles. The zero-order valence-electron chi connectivity index (χ0n) is 14.2. The van der Waals surface area contributed by atoms with Gasteiger partial charge in [0.05, 0.1) is 16.8 Å². The molecule has 27 heavy (non-hydrogen) atoms. The summed E-state index contributed by atoms with van der Waals surface area (Å²) in [6.45, 7) is 0.334. The molecule has 3 N–H and O–H groups in total. The highest BCUT2D eigenvalue weighted by Gasteiger charge is 2.14. The van der Waals surface area contributed by atoms with Crippen LogP contribution in [0.5, 0.6) is 0 Å². The number of nitrogens with one attached hydrogen (secondary N) is 3. The molecule has 0 fully saturated rings. The molecule has 0 spiro atoms. The summed E-state index contributed by atoms with van der Waals surface area (Å²) in [5.74, 6) is 0. The van der Waals surface area contributed by atoms with E-state index < -0.39 is 16.1 Å². The molecular weight excluding hydrogens is 366 g/mol. The van der Waals surface area contributed by atoms with Crippen molar-refractivity contribution in [2.45, 2.75) is 11.4 Å². The van der Waals surface area contributed by atoms with Crippen LogP contribution in [0.25, 0.3) is 0 Å². The third-order valence-electron chi connectivity index (χ3n) is 3.51. The third kappa shape index (κ3) is 5.25. The van der Waals surface area contributed by atoms with E-state index in [4.69, 9.17) is 0 Å². The molecule has 3 rings (SSSR count). The van der Waals surface area contributed by atoms with E-state index in [-0.39, 0.29) is 4.90 Å². The van der Waals surface area contributed by atoms with E-state index in [1.165, 1.54) is 30.5 Å². The van der Waals surface area contributed by atoms with Crippen LogP contribution in [0.4, 0.5) is 16.2 Å². The second-order valence-corrected chi connectivity index (χ2v) is 7.22. The van der Waals surface area contributed by atoms with E-state index in [2.05, 4.69) is 25.3 Å². The number of sulfonamides is 1. The molecule has 8 nitrogen and oxygen atoms in total. The Morgan fingerprint density at radius 2 is 1.59 bits per heavy atom. The summed E-state index contributed by atoms with van der Waals surface area (Å²) in [4.78, 5) is 19.8. The number of amides is 2. The molecule has 2 amide bonds. The van der Waals surface area contributed by atoms with E-state index in [1.54, 1.807) is 36.8 Å². The second-order valence-electron chi connectivity index (χ2n) is 5.54. The van der Waals surface area contributed by atoms with E-state index in [1.807, 2.05) is 6.07 Å². The number of hydrogen-bond donors (Lipinski definition) is 3. The van der Waals surface area contributed by atoms with Crippen LogP contribution in [0.15, 0.2) is 78.2 Å². The summed E-state index contributed by atoms with van der Waals surface area (Å²) in [7, 11) is -3.73. The van der Waals surface area contributed by atoms with Crippen molar-refractivity contribution >= 4 is 27.4 Å². The molecule has 2 aromatic heterocycles. The molecule has 0 aliphatic heterocycles. The van der Waals surface area contributed by atoms with Gasteiger partial charge in [0.2, 0.25) is 0 Å². The summed E-state index contributed by atoms with van der Waals surface area (Å²) in [6, 6.07) is 12.3. The quantitative estimate of drug-likeness (QED) is 0.605. The second kappa shape index (κ2) is 8.28. The topological polar surface area (TPSA) is 113 Å². The van der Waals surface area contributed by atoms with E-state index in [0.29, 0.717) is 17.9 Å². The third-order valence-corrected chi connectivity index (χ3v) is 4.91. The molecule has 3 aromatic rings. The number of nitrogens with zero attached hydrogens (tertiary/aromatic N) is 2. The van der Waals surface area contributed by atoms with Crippen molar-refractivity contribution in [1.82, 2.24) is 15.3 Å². The highest BCUT2D eigenvalue weighted by atomic mass is 32.2. The highest BCUT2D eigenvalue weighted by Crippen LogP contribution is 2.17. The standard InChI is InChI=1S/C18H17N5O3S/c24-18(21-12-14-3-1-9-19-11-14)22-15-5-7-17(8-6-15)27(25,26)23-16-4-2-10-20-13-16/h1-11,13,23H,12H2,(H2,21,22,24). The van der Waals surface area contributed by atoms with Gasteiger partial charge >= 0.3 is 6.03 Å². The molecule has 2 heterocycles. The van der Waals surface area contributed by atoms with Gasteiger partial charge in [-0.3, -0.25) is 14.7 Å². The maximum Gasteiger partial charge on any atom is 0.319 e. The molecule has 138 valence electrons. The smallest absolute Gasteiger partial charge is 0.319 e. The number of urea groups is 1. The fourth-order valence-corrected chi connectivity index (χ4v) is 3.26. The highest BCUT2D eigenvalue weighted by molar-refractivity contribution is 7.92. The first-order valence-corrected chi connectivity index (χ1v) is 9.48. The number of hydrogen-bond acceptors (Lipinski definition) is 5. The number of rotatable bonds is 6. The summed E-state index contributed by atoms with van der Waals surface area (Å²) >= 11 is 0. The van der Waals surface area contributed by atoms with Crippen molar-refractivity contribution < 1.29 is 13.2 Å². The monoisotopic (exact) mass is 383 g/mol. The van der Waals surface area contributed by atoms with Gasteiger partial charge in [0, 0.05) is 30.8 Å². The summed E-state index contributed by atoms with van der Waals surface area (Å²) in [5, 5.41) is 5.34. The molecule has 0 radical (unpaired) electrons. The van der Waals surface area contributed by atoms with Crippen LogP contribution in [0.1, 0.15) is 5.56 Å². The fraction of sp³-hybridized carbons (Fsp3) is 0.0556. The van der Waals surface area contributed by atoms with Crippen LogP contribution in [-0.2, 0) is 16.6 Å². The van der Waals surface area contributed by atoms with Crippen LogP contribution in [0.2, 0.25) is 0 Å². The number of anilines is 2. The fourth-order valence-electron chi connectivity index (χ4n) is 2.21. The minimum atomic E-state index is -3.73. The van der Waals surface area contributed by atoms with Gasteiger partial charge in [-0.2, -0.15) is 0 Å². The van der Waals surface area contributed by atoms with Crippen LogP contribution >= 0.6 is 0 Å². The van der Waals surface area contributed by atoms with Gasteiger partial charge in [0.25, 0.3) is 10.0 Å². The van der Waals surface area contributed by atoms with Crippen molar-refractivity contribution in [3.8, 4) is 0 Å². The lowest BCUT2D eigenvalue weighted by atomic mass is 10.3. The maximum atomic E-state index is 12.3. The minimum absolute atomic E-state index is 0.0765. The first-order valence-electron chi connectivity index (χ1n) is 8.00. The van der Waals surface area contributed by atoms with Crippen LogP contribution in [0.3, 0.4) is 0 Å². The average molecular weight is 383 g/mol. The first-order chi connectivity index (χ1) is 13.0.